The van der Waals surface area contributed by atoms with Crippen molar-refractivity contribution in [1.29, 1.82) is 0 Å². The van der Waals surface area contributed by atoms with Crippen LogP contribution in [0.4, 0.5) is 13.2 Å². The molecule has 6 heteroatoms. The molecule has 0 saturated heterocycles. The summed E-state index contributed by atoms with van der Waals surface area (Å²) in [6, 6.07) is 0. The quantitative estimate of drug-likeness (QED) is 0.780. The van der Waals surface area contributed by atoms with Crippen LogP contribution in [-0.4, -0.2) is 15.6 Å². The first kappa shape index (κ1) is 11.7. The number of halogens is 3. The third kappa shape index (κ3) is 3.38. The van der Waals surface area contributed by atoms with Crippen LogP contribution in [0.2, 0.25) is 0 Å². The van der Waals surface area contributed by atoms with Crippen molar-refractivity contribution < 1.29 is 18.0 Å². The number of rotatable bonds is 4. The Balaban J connectivity index is 2.65. The van der Waals surface area contributed by atoms with Crippen molar-refractivity contribution in [2.45, 2.75) is 32.5 Å². The van der Waals surface area contributed by atoms with Crippen LogP contribution in [0.25, 0.3) is 0 Å². The lowest BCUT2D eigenvalue weighted by molar-refractivity contribution is -0.137. The van der Waals surface area contributed by atoms with Gasteiger partial charge in [-0.3, -0.25) is 9.48 Å². The smallest absolute Gasteiger partial charge is 0.298 e. The molecule has 1 aromatic rings. The number of Topliss-reactive ketones (excluding diaryl/α,β-unsaturated/α-hetero) is 1. The van der Waals surface area contributed by atoms with Gasteiger partial charge >= 0.3 is 6.18 Å². The Bertz CT molecular complexity index is 343. The fourth-order valence-corrected chi connectivity index (χ4v) is 1.14. The molecule has 84 valence electrons. The zero-order valence-electron chi connectivity index (χ0n) is 8.21. The third-order valence-electron chi connectivity index (χ3n) is 1.83. The summed E-state index contributed by atoms with van der Waals surface area (Å²) in [7, 11) is 0. The summed E-state index contributed by atoms with van der Waals surface area (Å²) in [5, 5.41) is 3.48. The summed E-state index contributed by atoms with van der Waals surface area (Å²) in [4.78, 5) is 11.1. The summed E-state index contributed by atoms with van der Waals surface area (Å²) in [6.45, 7) is 1.74. The molecule has 0 amide bonds. The lowest BCUT2D eigenvalue weighted by atomic mass is 10.2. The summed E-state index contributed by atoms with van der Waals surface area (Å²) < 4.78 is 37.5. The molecule has 0 spiro atoms. The fraction of sp³-hybridized carbons (Fsp3) is 0.556. The maximum Gasteiger partial charge on any atom is 0.419 e. The maximum absolute atomic E-state index is 12.1. The summed E-state index contributed by atoms with van der Waals surface area (Å²) >= 11 is 0. The van der Waals surface area contributed by atoms with Gasteiger partial charge in [0.25, 0.3) is 0 Å². The van der Waals surface area contributed by atoms with Gasteiger partial charge in [0.1, 0.15) is 0 Å². The summed E-state index contributed by atoms with van der Waals surface area (Å²) in [5.41, 5.74) is -0.827. The normalized spacial score (nSPS) is 11.7. The van der Waals surface area contributed by atoms with E-state index in [0.717, 1.165) is 17.1 Å². The molecule has 0 radical (unpaired) electrons. The van der Waals surface area contributed by atoms with E-state index >= 15 is 0 Å². The molecule has 0 bridgehead atoms. The Morgan fingerprint density at radius 3 is 2.67 bits per heavy atom. The average molecular weight is 220 g/mol. The zero-order valence-corrected chi connectivity index (χ0v) is 8.21. The van der Waals surface area contributed by atoms with E-state index in [1.807, 2.05) is 6.92 Å². The largest absolute Gasteiger partial charge is 0.419 e. The molecule has 0 fully saturated rings. The van der Waals surface area contributed by atoms with Gasteiger partial charge in [-0.25, -0.2) is 0 Å². The lowest BCUT2D eigenvalue weighted by Crippen LogP contribution is -2.10. The van der Waals surface area contributed by atoms with E-state index in [4.69, 9.17) is 0 Å². The van der Waals surface area contributed by atoms with Crippen LogP contribution in [0.3, 0.4) is 0 Å². The van der Waals surface area contributed by atoms with Gasteiger partial charge in [0, 0.05) is 12.6 Å². The summed E-state index contributed by atoms with van der Waals surface area (Å²) in [5.74, 6) is -0.116. The Morgan fingerprint density at radius 1 is 1.53 bits per heavy atom. The molecule has 0 N–H and O–H groups in total. The van der Waals surface area contributed by atoms with Gasteiger partial charge in [-0.05, 0) is 6.42 Å². The van der Waals surface area contributed by atoms with Gasteiger partial charge in [-0.2, -0.15) is 18.3 Å². The van der Waals surface area contributed by atoms with Crippen molar-refractivity contribution in [3.63, 3.8) is 0 Å². The predicted octanol–water partition coefficient (Wildman–Crippen LogP) is 2.27. The second-order valence-corrected chi connectivity index (χ2v) is 3.21. The maximum atomic E-state index is 12.1. The highest BCUT2D eigenvalue weighted by atomic mass is 19.4. The lowest BCUT2D eigenvalue weighted by Gasteiger charge is -2.01. The number of hydrogen-bond donors (Lipinski definition) is 0. The number of ketones is 1. The highest BCUT2D eigenvalue weighted by Crippen LogP contribution is 2.28. The molecule has 1 heterocycles. The van der Waals surface area contributed by atoms with Crippen LogP contribution < -0.4 is 0 Å². The van der Waals surface area contributed by atoms with Gasteiger partial charge in [0.2, 0.25) is 0 Å². The van der Waals surface area contributed by atoms with Crippen LogP contribution in [0.5, 0.6) is 0 Å². The minimum Gasteiger partial charge on any atom is -0.298 e. The Kier molecular flexibility index (Phi) is 3.49. The second kappa shape index (κ2) is 4.46. The molecule has 0 aliphatic carbocycles. The van der Waals surface area contributed by atoms with Crippen LogP contribution in [0.1, 0.15) is 25.3 Å². The van der Waals surface area contributed by atoms with Gasteiger partial charge < -0.3 is 0 Å². The topological polar surface area (TPSA) is 34.9 Å². The average Bonchev–Trinajstić information content (AvgIpc) is 2.52. The van der Waals surface area contributed by atoms with Crippen molar-refractivity contribution >= 4 is 5.78 Å². The van der Waals surface area contributed by atoms with Crippen LogP contribution in [-0.2, 0) is 17.5 Å². The van der Waals surface area contributed by atoms with Gasteiger partial charge in [0.15, 0.2) is 5.78 Å². The molecular formula is C9H11F3N2O. The monoisotopic (exact) mass is 220 g/mol. The molecule has 1 rings (SSSR count). The van der Waals surface area contributed by atoms with Gasteiger partial charge in [0.05, 0.1) is 18.3 Å². The molecule has 0 saturated carbocycles. The molecular weight excluding hydrogens is 209 g/mol. The van der Waals surface area contributed by atoms with Gasteiger partial charge in [-0.1, -0.05) is 6.92 Å². The first-order valence-corrected chi connectivity index (χ1v) is 4.55. The van der Waals surface area contributed by atoms with E-state index in [-0.39, 0.29) is 12.3 Å². The van der Waals surface area contributed by atoms with E-state index < -0.39 is 11.7 Å². The highest BCUT2D eigenvalue weighted by molar-refractivity contribution is 5.77. The fourth-order valence-electron chi connectivity index (χ4n) is 1.14. The molecule has 0 unspecified atom stereocenters. The van der Waals surface area contributed by atoms with Crippen molar-refractivity contribution in [1.82, 2.24) is 9.78 Å². The summed E-state index contributed by atoms with van der Waals surface area (Å²) in [6.07, 6.45) is -1.79. The van der Waals surface area contributed by atoms with E-state index in [1.54, 1.807) is 0 Å². The van der Waals surface area contributed by atoms with Crippen molar-refractivity contribution in [3.8, 4) is 0 Å². The molecule has 0 atom stereocenters. The van der Waals surface area contributed by atoms with Crippen LogP contribution >= 0.6 is 0 Å². The molecule has 15 heavy (non-hydrogen) atoms. The molecule has 0 aromatic carbocycles. The van der Waals surface area contributed by atoms with E-state index in [0.29, 0.717) is 12.8 Å². The number of hydrogen-bond acceptors (Lipinski definition) is 2. The second-order valence-electron chi connectivity index (χ2n) is 3.21. The van der Waals surface area contributed by atoms with E-state index in [2.05, 4.69) is 5.10 Å². The number of aromatic nitrogens is 2. The van der Waals surface area contributed by atoms with Crippen molar-refractivity contribution in [2.75, 3.05) is 0 Å². The molecule has 0 aliphatic rings. The highest BCUT2D eigenvalue weighted by Gasteiger charge is 2.32. The Morgan fingerprint density at radius 2 is 2.20 bits per heavy atom. The number of carbonyl (C=O) groups excluding carboxylic acids is 1. The predicted molar refractivity (Wildman–Crippen MR) is 47.1 cm³/mol. The standard InChI is InChI=1S/C9H11F3N2O/c1-2-3-8(15)6-14-5-7(4-13-14)9(10,11)12/h4-5H,2-3,6H2,1H3. The van der Waals surface area contributed by atoms with Gasteiger partial charge in [-0.15, -0.1) is 0 Å². The Hall–Kier alpha value is -1.33. The molecule has 0 aliphatic heterocycles. The van der Waals surface area contributed by atoms with Crippen LogP contribution in [0.15, 0.2) is 12.4 Å². The minimum atomic E-state index is -4.40. The number of nitrogens with zero attached hydrogens (tertiary/aromatic N) is 2. The first-order valence-electron chi connectivity index (χ1n) is 4.55. The first-order chi connectivity index (χ1) is 6.93. The zero-order chi connectivity index (χ0) is 11.5. The van der Waals surface area contributed by atoms with Crippen molar-refractivity contribution in [2.24, 2.45) is 0 Å². The number of carbonyl (C=O) groups is 1. The Labute approximate surface area is 84.9 Å². The van der Waals surface area contributed by atoms with E-state index in [9.17, 15) is 18.0 Å². The third-order valence-corrected chi connectivity index (χ3v) is 1.83. The van der Waals surface area contributed by atoms with E-state index in [1.165, 1.54) is 0 Å². The van der Waals surface area contributed by atoms with Crippen LogP contribution in [0, 0.1) is 0 Å². The molecule has 1 aromatic heterocycles. The number of alkyl halides is 3. The SMILES string of the molecule is CCCC(=O)Cn1cc(C(F)(F)F)cn1. The molecule has 3 nitrogen and oxygen atoms in total. The minimum absolute atomic E-state index is 0.0933. The van der Waals surface area contributed by atoms with Crippen molar-refractivity contribution in [3.05, 3.63) is 18.0 Å².